The van der Waals surface area contributed by atoms with Crippen LogP contribution in [0.1, 0.15) is 34.1 Å². The zero-order valence-corrected chi connectivity index (χ0v) is 10.5. The third-order valence-electron chi connectivity index (χ3n) is 3.16. The van der Waals surface area contributed by atoms with Gasteiger partial charge in [0.1, 0.15) is 0 Å². The average Bonchev–Trinajstić information content (AvgIpc) is 2.74. The van der Waals surface area contributed by atoms with E-state index in [4.69, 9.17) is 0 Å². The van der Waals surface area contributed by atoms with Crippen molar-refractivity contribution in [2.45, 2.75) is 20.3 Å². The molecule has 0 atom stereocenters. The number of ketones is 1. The lowest BCUT2D eigenvalue weighted by atomic mass is 10.00. The highest BCUT2D eigenvalue weighted by molar-refractivity contribution is 6.08. The molecule has 0 aliphatic heterocycles. The van der Waals surface area contributed by atoms with Crippen molar-refractivity contribution < 1.29 is 4.79 Å². The van der Waals surface area contributed by atoms with Crippen LogP contribution >= 0.6 is 0 Å². The number of carbonyl (C=O) groups excluding carboxylic acids is 1. The van der Waals surface area contributed by atoms with Gasteiger partial charge in [0.05, 0.1) is 5.69 Å². The van der Waals surface area contributed by atoms with E-state index in [1.54, 1.807) is 0 Å². The molecule has 17 heavy (non-hydrogen) atoms. The summed E-state index contributed by atoms with van der Waals surface area (Å²) in [6.07, 6.45) is 2.89. The number of rotatable bonds is 3. The lowest BCUT2D eigenvalue weighted by Crippen LogP contribution is -2.07. The first-order valence-electron chi connectivity index (χ1n) is 5.89. The van der Waals surface area contributed by atoms with Crippen LogP contribution in [0.3, 0.4) is 0 Å². The molecule has 1 aromatic carbocycles. The van der Waals surface area contributed by atoms with Crippen LogP contribution < -0.4 is 0 Å². The fraction of sp³-hybridized carbons (Fsp3) is 0.267. The zero-order chi connectivity index (χ0) is 12.4. The standard InChI is InChI=1S/C15H17NO/c1-4-12-7-8-13(10-11(12)2)15(17)14-6-5-9-16(14)3/h5-10H,4H2,1-3H3. The Morgan fingerprint density at radius 1 is 1.29 bits per heavy atom. The van der Waals surface area contributed by atoms with E-state index in [-0.39, 0.29) is 5.78 Å². The molecule has 0 N–H and O–H groups in total. The second-order valence-electron chi connectivity index (χ2n) is 4.33. The summed E-state index contributed by atoms with van der Waals surface area (Å²) in [4.78, 5) is 12.3. The van der Waals surface area contributed by atoms with Gasteiger partial charge in [-0.25, -0.2) is 0 Å². The largest absolute Gasteiger partial charge is 0.348 e. The van der Waals surface area contributed by atoms with Gasteiger partial charge in [-0.15, -0.1) is 0 Å². The molecule has 88 valence electrons. The number of carbonyl (C=O) groups is 1. The van der Waals surface area contributed by atoms with Crippen LogP contribution in [0.4, 0.5) is 0 Å². The highest BCUT2D eigenvalue weighted by atomic mass is 16.1. The van der Waals surface area contributed by atoms with Gasteiger partial charge in [0.15, 0.2) is 0 Å². The van der Waals surface area contributed by atoms with Crippen molar-refractivity contribution in [2.75, 3.05) is 0 Å². The minimum atomic E-state index is 0.0863. The van der Waals surface area contributed by atoms with E-state index in [1.807, 2.05) is 48.1 Å². The van der Waals surface area contributed by atoms with Gasteiger partial charge in [0.2, 0.25) is 5.78 Å². The maximum atomic E-state index is 12.3. The van der Waals surface area contributed by atoms with Crippen LogP contribution in [0.25, 0.3) is 0 Å². The van der Waals surface area contributed by atoms with Crippen LogP contribution in [-0.4, -0.2) is 10.4 Å². The predicted octanol–water partition coefficient (Wildman–Crippen LogP) is 3.13. The van der Waals surface area contributed by atoms with Crippen molar-refractivity contribution in [1.82, 2.24) is 4.57 Å². The van der Waals surface area contributed by atoms with Gasteiger partial charge in [0, 0.05) is 18.8 Å². The fourth-order valence-corrected chi connectivity index (χ4v) is 2.08. The second kappa shape index (κ2) is 4.58. The molecule has 0 amide bonds. The van der Waals surface area contributed by atoms with Crippen molar-refractivity contribution in [3.8, 4) is 0 Å². The topological polar surface area (TPSA) is 22.0 Å². The molecule has 1 heterocycles. The number of benzene rings is 1. The Hall–Kier alpha value is -1.83. The van der Waals surface area contributed by atoms with Gasteiger partial charge in [0.25, 0.3) is 0 Å². The molecular weight excluding hydrogens is 210 g/mol. The third-order valence-corrected chi connectivity index (χ3v) is 3.16. The van der Waals surface area contributed by atoms with E-state index in [0.717, 1.165) is 17.7 Å². The zero-order valence-electron chi connectivity index (χ0n) is 10.5. The smallest absolute Gasteiger partial charge is 0.209 e. The summed E-state index contributed by atoms with van der Waals surface area (Å²) in [5.41, 5.74) is 3.98. The quantitative estimate of drug-likeness (QED) is 0.738. The monoisotopic (exact) mass is 227 g/mol. The lowest BCUT2D eigenvalue weighted by Gasteiger charge is -2.07. The van der Waals surface area contributed by atoms with Crippen molar-refractivity contribution in [2.24, 2.45) is 7.05 Å². The summed E-state index contributed by atoms with van der Waals surface area (Å²) in [6.45, 7) is 4.18. The SMILES string of the molecule is CCc1ccc(C(=O)c2cccn2C)cc1C. The molecule has 1 aromatic heterocycles. The molecule has 0 spiro atoms. The van der Waals surface area contributed by atoms with Crippen molar-refractivity contribution in [3.05, 3.63) is 58.9 Å². The van der Waals surface area contributed by atoms with Gasteiger partial charge in [-0.2, -0.15) is 0 Å². The number of aromatic nitrogens is 1. The molecule has 2 aromatic rings. The molecule has 0 radical (unpaired) electrons. The summed E-state index contributed by atoms with van der Waals surface area (Å²) >= 11 is 0. The van der Waals surface area contributed by atoms with Gasteiger partial charge in [-0.05, 0) is 42.7 Å². The van der Waals surface area contributed by atoms with E-state index < -0.39 is 0 Å². The van der Waals surface area contributed by atoms with Crippen LogP contribution in [0.5, 0.6) is 0 Å². The molecule has 2 nitrogen and oxygen atoms in total. The van der Waals surface area contributed by atoms with Crippen LogP contribution in [0.2, 0.25) is 0 Å². The van der Waals surface area contributed by atoms with Gasteiger partial charge >= 0.3 is 0 Å². The normalized spacial score (nSPS) is 10.5. The molecular formula is C15H17NO. The van der Waals surface area contributed by atoms with E-state index in [1.165, 1.54) is 11.1 Å². The lowest BCUT2D eigenvalue weighted by molar-refractivity contribution is 0.103. The Morgan fingerprint density at radius 3 is 2.59 bits per heavy atom. The van der Waals surface area contributed by atoms with Crippen LogP contribution in [-0.2, 0) is 13.5 Å². The van der Waals surface area contributed by atoms with Crippen molar-refractivity contribution in [1.29, 1.82) is 0 Å². The average molecular weight is 227 g/mol. The summed E-state index contributed by atoms with van der Waals surface area (Å²) in [7, 11) is 1.89. The molecule has 0 unspecified atom stereocenters. The van der Waals surface area contributed by atoms with E-state index in [0.29, 0.717) is 0 Å². The molecule has 0 aliphatic rings. The van der Waals surface area contributed by atoms with Crippen LogP contribution in [0.15, 0.2) is 36.5 Å². The Morgan fingerprint density at radius 2 is 2.06 bits per heavy atom. The molecule has 2 rings (SSSR count). The Bertz CT molecular complexity index is 552. The minimum absolute atomic E-state index is 0.0863. The second-order valence-corrected chi connectivity index (χ2v) is 4.33. The fourth-order valence-electron chi connectivity index (χ4n) is 2.08. The highest BCUT2D eigenvalue weighted by Crippen LogP contribution is 2.15. The van der Waals surface area contributed by atoms with Crippen LogP contribution in [0, 0.1) is 6.92 Å². The number of hydrogen-bond acceptors (Lipinski definition) is 1. The molecule has 0 saturated carbocycles. The molecule has 2 heteroatoms. The first-order valence-corrected chi connectivity index (χ1v) is 5.89. The van der Waals surface area contributed by atoms with Gasteiger partial charge < -0.3 is 4.57 Å². The Labute approximate surface area is 102 Å². The minimum Gasteiger partial charge on any atom is -0.348 e. The Kier molecular flexibility index (Phi) is 3.14. The molecule has 0 aliphatic carbocycles. The molecule has 0 fully saturated rings. The van der Waals surface area contributed by atoms with E-state index in [2.05, 4.69) is 13.8 Å². The number of hydrogen-bond donors (Lipinski definition) is 0. The summed E-state index contributed by atoms with van der Waals surface area (Å²) in [5, 5.41) is 0. The first kappa shape index (κ1) is 11.6. The van der Waals surface area contributed by atoms with Gasteiger partial charge in [-0.3, -0.25) is 4.79 Å². The Balaban J connectivity index is 2.39. The number of nitrogens with zero attached hydrogens (tertiary/aromatic N) is 1. The predicted molar refractivity (Wildman–Crippen MR) is 69.4 cm³/mol. The maximum Gasteiger partial charge on any atom is 0.209 e. The summed E-state index contributed by atoms with van der Waals surface area (Å²) in [5.74, 6) is 0.0863. The molecule has 0 saturated heterocycles. The van der Waals surface area contributed by atoms with Crippen molar-refractivity contribution in [3.63, 3.8) is 0 Å². The highest BCUT2D eigenvalue weighted by Gasteiger charge is 2.12. The van der Waals surface area contributed by atoms with E-state index >= 15 is 0 Å². The maximum absolute atomic E-state index is 12.3. The summed E-state index contributed by atoms with van der Waals surface area (Å²) < 4.78 is 1.85. The van der Waals surface area contributed by atoms with Gasteiger partial charge in [-0.1, -0.05) is 19.1 Å². The first-order chi connectivity index (χ1) is 8.13. The number of aryl methyl sites for hydroxylation is 3. The third kappa shape index (κ3) is 2.16. The van der Waals surface area contributed by atoms with Crippen molar-refractivity contribution >= 4 is 5.78 Å². The summed E-state index contributed by atoms with van der Waals surface area (Å²) in [6, 6.07) is 9.69. The molecule has 0 bridgehead atoms. The van der Waals surface area contributed by atoms with E-state index in [9.17, 15) is 4.79 Å².